The van der Waals surface area contributed by atoms with E-state index >= 15 is 0 Å². The predicted molar refractivity (Wildman–Crippen MR) is 83.3 cm³/mol. The van der Waals surface area contributed by atoms with Crippen LogP contribution in [-0.4, -0.2) is 36.6 Å². The first-order valence-electron chi connectivity index (χ1n) is 8.32. The fourth-order valence-electron chi connectivity index (χ4n) is 3.56. The van der Waals surface area contributed by atoms with Crippen LogP contribution in [0, 0.1) is 23.2 Å². The Morgan fingerprint density at radius 1 is 1.26 bits per heavy atom. The summed E-state index contributed by atoms with van der Waals surface area (Å²) in [5, 5.41) is 3.80. The van der Waals surface area contributed by atoms with Crippen LogP contribution >= 0.6 is 0 Å². The van der Waals surface area contributed by atoms with Gasteiger partial charge in [-0.2, -0.15) is 0 Å². The average Bonchev–Trinajstić information content (AvgIpc) is 2.95. The Bertz CT molecular complexity index is 298. The highest BCUT2D eigenvalue weighted by atomic mass is 15.2. The zero-order valence-corrected chi connectivity index (χ0v) is 13.9. The molecule has 1 saturated carbocycles. The van der Waals surface area contributed by atoms with Crippen molar-refractivity contribution in [2.45, 2.75) is 66.5 Å². The summed E-state index contributed by atoms with van der Waals surface area (Å²) in [6.45, 7) is 18.1. The minimum Gasteiger partial charge on any atom is -0.311 e. The second-order valence-electron chi connectivity index (χ2n) is 8.06. The smallest absolute Gasteiger partial charge is 0.0244 e. The largest absolute Gasteiger partial charge is 0.311 e. The fraction of sp³-hybridized carbons (Fsp3) is 1.00. The SMILES string of the molecule is CCC(C)C1CN(CC2CC2(C)C)C(C(C)C)CN1. The van der Waals surface area contributed by atoms with Crippen molar-refractivity contribution in [1.82, 2.24) is 10.2 Å². The Morgan fingerprint density at radius 3 is 2.37 bits per heavy atom. The van der Waals surface area contributed by atoms with E-state index in [1.807, 2.05) is 0 Å². The molecule has 0 bridgehead atoms. The minimum absolute atomic E-state index is 0.609. The topological polar surface area (TPSA) is 15.3 Å². The normalized spacial score (nSPS) is 36.5. The van der Waals surface area contributed by atoms with E-state index in [0.717, 1.165) is 23.8 Å². The lowest BCUT2D eigenvalue weighted by Gasteiger charge is -2.44. The minimum atomic E-state index is 0.609. The zero-order valence-electron chi connectivity index (χ0n) is 13.9. The van der Waals surface area contributed by atoms with Crippen molar-refractivity contribution >= 4 is 0 Å². The van der Waals surface area contributed by atoms with E-state index in [1.165, 1.54) is 32.5 Å². The number of nitrogens with zero attached hydrogens (tertiary/aromatic N) is 1. The summed E-state index contributed by atoms with van der Waals surface area (Å²) in [4.78, 5) is 2.80. The van der Waals surface area contributed by atoms with Crippen molar-refractivity contribution < 1.29 is 0 Å². The third-order valence-corrected chi connectivity index (χ3v) is 5.76. The van der Waals surface area contributed by atoms with Crippen molar-refractivity contribution in [2.75, 3.05) is 19.6 Å². The van der Waals surface area contributed by atoms with E-state index < -0.39 is 0 Å². The molecular weight excluding hydrogens is 232 g/mol. The molecule has 0 spiro atoms. The number of nitrogens with one attached hydrogen (secondary N) is 1. The van der Waals surface area contributed by atoms with Crippen LogP contribution < -0.4 is 5.32 Å². The molecule has 0 radical (unpaired) electrons. The van der Waals surface area contributed by atoms with Crippen molar-refractivity contribution in [3.05, 3.63) is 0 Å². The van der Waals surface area contributed by atoms with Crippen LogP contribution in [-0.2, 0) is 0 Å². The Kier molecular flexibility index (Phi) is 4.62. The lowest BCUT2D eigenvalue weighted by atomic mass is 9.91. The Balaban J connectivity index is 1.97. The molecule has 19 heavy (non-hydrogen) atoms. The molecule has 1 heterocycles. The summed E-state index contributed by atoms with van der Waals surface area (Å²) >= 11 is 0. The lowest BCUT2D eigenvalue weighted by molar-refractivity contribution is 0.0745. The second kappa shape index (κ2) is 5.73. The summed E-state index contributed by atoms with van der Waals surface area (Å²) < 4.78 is 0. The van der Waals surface area contributed by atoms with Crippen LogP contribution in [0.2, 0.25) is 0 Å². The summed E-state index contributed by atoms with van der Waals surface area (Å²) in [6.07, 6.45) is 2.71. The van der Waals surface area contributed by atoms with Gasteiger partial charge in [0, 0.05) is 31.7 Å². The molecule has 4 atom stereocenters. The molecule has 0 aromatic carbocycles. The molecule has 4 unspecified atom stereocenters. The summed E-state index contributed by atoms with van der Waals surface area (Å²) in [7, 11) is 0. The van der Waals surface area contributed by atoms with Gasteiger partial charge >= 0.3 is 0 Å². The van der Waals surface area contributed by atoms with Gasteiger partial charge in [0.25, 0.3) is 0 Å². The highest BCUT2D eigenvalue weighted by Gasteiger charge is 2.47. The molecule has 2 aliphatic rings. The van der Waals surface area contributed by atoms with E-state index in [1.54, 1.807) is 0 Å². The van der Waals surface area contributed by atoms with E-state index in [4.69, 9.17) is 0 Å². The molecule has 2 rings (SSSR count). The third-order valence-electron chi connectivity index (χ3n) is 5.76. The quantitative estimate of drug-likeness (QED) is 0.820. The number of piperazine rings is 1. The molecule has 0 aromatic heterocycles. The molecule has 112 valence electrons. The standard InChI is InChI=1S/C17H34N2/c1-7-13(4)15-11-19(10-14-8-17(14,5)6)16(9-18-15)12(2)3/h12-16,18H,7-11H2,1-6H3. The third kappa shape index (κ3) is 3.52. The van der Waals surface area contributed by atoms with Crippen molar-refractivity contribution in [1.29, 1.82) is 0 Å². The number of hydrogen-bond acceptors (Lipinski definition) is 2. The van der Waals surface area contributed by atoms with Crippen molar-refractivity contribution in [3.63, 3.8) is 0 Å². The molecule has 1 saturated heterocycles. The van der Waals surface area contributed by atoms with Gasteiger partial charge in [-0.25, -0.2) is 0 Å². The molecular formula is C17H34N2. The number of hydrogen-bond donors (Lipinski definition) is 1. The molecule has 0 aromatic rings. The van der Waals surface area contributed by atoms with Gasteiger partial charge < -0.3 is 5.32 Å². The highest BCUT2D eigenvalue weighted by Crippen LogP contribution is 2.52. The molecule has 2 nitrogen and oxygen atoms in total. The molecule has 0 amide bonds. The first kappa shape index (κ1) is 15.3. The van der Waals surface area contributed by atoms with Crippen LogP contribution in [0.5, 0.6) is 0 Å². The van der Waals surface area contributed by atoms with Crippen molar-refractivity contribution in [2.24, 2.45) is 23.2 Å². The van der Waals surface area contributed by atoms with Gasteiger partial charge in [0.2, 0.25) is 0 Å². The molecule has 2 heteroatoms. The fourth-order valence-corrected chi connectivity index (χ4v) is 3.56. The summed E-state index contributed by atoms with van der Waals surface area (Å²) in [6, 6.07) is 1.43. The zero-order chi connectivity index (χ0) is 14.2. The van der Waals surface area contributed by atoms with Crippen molar-refractivity contribution in [3.8, 4) is 0 Å². The van der Waals surface area contributed by atoms with Gasteiger partial charge in [0.1, 0.15) is 0 Å². The molecule has 1 aliphatic carbocycles. The maximum absolute atomic E-state index is 3.80. The van der Waals surface area contributed by atoms with Crippen LogP contribution in [0.15, 0.2) is 0 Å². The van der Waals surface area contributed by atoms with Gasteiger partial charge in [0.05, 0.1) is 0 Å². The van der Waals surface area contributed by atoms with Crippen LogP contribution in [0.4, 0.5) is 0 Å². The van der Waals surface area contributed by atoms with E-state index in [0.29, 0.717) is 11.5 Å². The lowest BCUT2D eigenvalue weighted by Crippen LogP contribution is -2.60. The van der Waals surface area contributed by atoms with E-state index in [9.17, 15) is 0 Å². The van der Waals surface area contributed by atoms with Gasteiger partial charge in [-0.3, -0.25) is 4.90 Å². The predicted octanol–water partition coefficient (Wildman–Crippen LogP) is 3.38. The summed E-state index contributed by atoms with van der Waals surface area (Å²) in [5.74, 6) is 2.49. The Hall–Kier alpha value is -0.0800. The Morgan fingerprint density at radius 2 is 1.89 bits per heavy atom. The molecule has 1 aliphatic heterocycles. The maximum Gasteiger partial charge on any atom is 0.0244 e. The van der Waals surface area contributed by atoms with E-state index in [-0.39, 0.29) is 0 Å². The van der Waals surface area contributed by atoms with Gasteiger partial charge in [0.15, 0.2) is 0 Å². The van der Waals surface area contributed by atoms with Gasteiger partial charge in [-0.05, 0) is 29.6 Å². The van der Waals surface area contributed by atoms with Gasteiger partial charge in [-0.1, -0.05) is 48.0 Å². The van der Waals surface area contributed by atoms with Crippen LogP contribution in [0.1, 0.15) is 54.4 Å². The summed E-state index contributed by atoms with van der Waals surface area (Å²) in [5.41, 5.74) is 0.609. The first-order chi connectivity index (χ1) is 8.85. The number of rotatable bonds is 5. The molecule has 1 N–H and O–H groups in total. The first-order valence-corrected chi connectivity index (χ1v) is 8.32. The second-order valence-corrected chi connectivity index (χ2v) is 8.06. The van der Waals surface area contributed by atoms with Crippen LogP contribution in [0.25, 0.3) is 0 Å². The average molecular weight is 266 g/mol. The Labute approximate surface area is 120 Å². The van der Waals surface area contributed by atoms with Crippen LogP contribution in [0.3, 0.4) is 0 Å². The van der Waals surface area contributed by atoms with Gasteiger partial charge in [-0.15, -0.1) is 0 Å². The molecule has 2 fully saturated rings. The maximum atomic E-state index is 3.80. The monoisotopic (exact) mass is 266 g/mol. The van der Waals surface area contributed by atoms with E-state index in [2.05, 4.69) is 51.8 Å². The highest BCUT2D eigenvalue weighted by molar-refractivity contribution is 4.99.